The van der Waals surface area contributed by atoms with Gasteiger partial charge in [-0.05, 0) is 6.92 Å². The van der Waals surface area contributed by atoms with E-state index in [2.05, 4.69) is 0 Å². The minimum Gasteiger partial charge on any atom is -0.372 e. The molecule has 0 aromatic rings. The molecule has 0 amide bonds. The Kier molecular flexibility index (Phi) is 2.96. The largest absolute Gasteiger partial charge is 0.372 e. The molecule has 1 saturated heterocycles. The van der Waals surface area contributed by atoms with Crippen molar-refractivity contribution in [3.63, 3.8) is 0 Å². The van der Waals surface area contributed by atoms with E-state index in [4.69, 9.17) is 4.74 Å². The number of carbonyl (C=O) groups is 1. The molecule has 1 aliphatic rings. The van der Waals surface area contributed by atoms with E-state index < -0.39 is 0 Å². The quantitative estimate of drug-likeness (QED) is 0.496. The maximum atomic E-state index is 11.0. The van der Waals surface area contributed by atoms with Crippen molar-refractivity contribution < 1.29 is 9.53 Å². The lowest BCUT2D eigenvalue weighted by Gasteiger charge is -1.95. The molecule has 0 radical (unpaired) electrons. The number of ketones is 1. The Morgan fingerprint density at radius 3 is 3.20 bits per heavy atom. The number of ether oxygens (including phenoxy) is 1. The van der Waals surface area contributed by atoms with Crippen LogP contribution in [0.4, 0.5) is 0 Å². The number of hydrogen-bond donors (Lipinski definition) is 0. The highest BCUT2D eigenvalue weighted by atomic mass is 32.2. The lowest BCUT2D eigenvalue weighted by atomic mass is 10.4. The lowest BCUT2D eigenvalue weighted by molar-refractivity contribution is -0.118. The number of allylic oxidation sites excluding steroid dienone is 1. The Balaban J connectivity index is 2.61. The molecule has 0 unspecified atom stereocenters. The first-order valence-electron chi connectivity index (χ1n) is 3.24. The highest BCUT2D eigenvalue weighted by Gasteiger charge is 2.12. The van der Waals surface area contributed by atoms with Crippen molar-refractivity contribution in [2.45, 2.75) is 6.92 Å². The van der Waals surface area contributed by atoms with Crippen LogP contribution >= 0.6 is 11.8 Å². The zero-order valence-corrected chi connectivity index (χ0v) is 6.74. The van der Waals surface area contributed by atoms with Crippen LogP contribution in [-0.2, 0) is 9.53 Å². The fourth-order valence-electron chi connectivity index (χ4n) is 0.771. The second kappa shape index (κ2) is 3.78. The van der Waals surface area contributed by atoms with E-state index in [-0.39, 0.29) is 12.4 Å². The average molecular weight is 158 g/mol. The van der Waals surface area contributed by atoms with E-state index in [1.165, 1.54) is 0 Å². The van der Waals surface area contributed by atoms with Gasteiger partial charge in [-0.2, -0.15) is 0 Å². The molecule has 1 heterocycles. The van der Waals surface area contributed by atoms with Crippen molar-refractivity contribution in [1.29, 1.82) is 0 Å². The molecule has 0 N–H and O–H groups in total. The van der Waals surface area contributed by atoms with Crippen molar-refractivity contribution in [2.75, 3.05) is 19.0 Å². The summed E-state index contributed by atoms with van der Waals surface area (Å²) in [5.74, 6) is 1.01. The Hall–Kier alpha value is -0.280. The number of thioether (sulfide) groups is 1. The van der Waals surface area contributed by atoms with Crippen LogP contribution in [-0.4, -0.2) is 24.7 Å². The molecule has 3 heteroatoms. The Labute approximate surface area is 64.6 Å². The van der Waals surface area contributed by atoms with Crippen LogP contribution in [0.3, 0.4) is 0 Å². The van der Waals surface area contributed by atoms with Crippen LogP contribution in [0.2, 0.25) is 0 Å². The van der Waals surface area contributed by atoms with Gasteiger partial charge in [0.15, 0.2) is 5.78 Å². The number of rotatable bonds is 0. The summed E-state index contributed by atoms with van der Waals surface area (Å²) in [6, 6.07) is 0. The first-order valence-corrected chi connectivity index (χ1v) is 4.23. The third kappa shape index (κ3) is 1.85. The highest BCUT2D eigenvalue weighted by molar-refractivity contribution is 8.04. The van der Waals surface area contributed by atoms with Gasteiger partial charge in [0.2, 0.25) is 0 Å². The van der Waals surface area contributed by atoms with Crippen molar-refractivity contribution in [3.05, 3.63) is 11.0 Å². The molecule has 56 valence electrons. The van der Waals surface area contributed by atoms with Crippen molar-refractivity contribution in [3.8, 4) is 0 Å². The molecule has 1 aliphatic heterocycles. The van der Waals surface area contributed by atoms with Crippen molar-refractivity contribution in [2.24, 2.45) is 0 Å². The molecule has 0 aromatic heterocycles. The molecular formula is C7H10O2S. The zero-order valence-electron chi connectivity index (χ0n) is 5.92. The summed E-state index contributed by atoms with van der Waals surface area (Å²) in [5.41, 5.74) is 0. The average Bonchev–Trinajstić information content (AvgIpc) is 2.13. The van der Waals surface area contributed by atoms with Crippen LogP contribution in [0.15, 0.2) is 11.0 Å². The predicted molar refractivity (Wildman–Crippen MR) is 42.0 cm³/mol. The summed E-state index contributed by atoms with van der Waals surface area (Å²) in [4.78, 5) is 11.9. The molecule has 0 aliphatic carbocycles. The van der Waals surface area contributed by atoms with E-state index in [0.717, 1.165) is 10.7 Å². The van der Waals surface area contributed by atoms with Gasteiger partial charge in [0.25, 0.3) is 0 Å². The maximum absolute atomic E-state index is 11.0. The molecule has 0 atom stereocenters. The van der Waals surface area contributed by atoms with Gasteiger partial charge in [0, 0.05) is 10.7 Å². The van der Waals surface area contributed by atoms with E-state index in [0.29, 0.717) is 6.61 Å². The summed E-state index contributed by atoms with van der Waals surface area (Å²) in [6.07, 6.45) is 1.85. The molecule has 0 saturated carbocycles. The second-order valence-electron chi connectivity index (χ2n) is 1.98. The lowest BCUT2D eigenvalue weighted by Crippen LogP contribution is -2.06. The van der Waals surface area contributed by atoms with E-state index >= 15 is 0 Å². The van der Waals surface area contributed by atoms with Gasteiger partial charge in [-0.15, -0.1) is 11.8 Å². The van der Waals surface area contributed by atoms with Crippen LogP contribution < -0.4 is 0 Å². The third-order valence-corrected chi connectivity index (χ3v) is 2.40. The molecular weight excluding hydrogens is 148 g/mol. The molecule has 0 spiro atoms. The van der Waals surface area contributed by atoms with Crippen LogP contribution in [0, 0.1) is 0 Å². The van der Waals surface area contributed by atoms with Gasteiger partial charge in [0.05, 0.1) is 6.61 Å². The SMILES string of the molecule is CC=C1SCCOCC1=O. The summed E-state index contributed by atoms with van der Waals surface area (Å²) >= 11 is 1.58. The standard InChI is InChI=1S/C7H10O2S/c1-2-7-6(8)5-9-3-4-10-7/h2H,3-5H2,1H3. The summed E-state index contributed by atoms with van der Waals surface area (Å²) in [7, 11) is 0. The first kappa shape index (κ1) is 7.82. The van der Waals surface area contributed by atoms with E-state index in [1.54, 1.807) is 11.8 Å². The van der Waals surface area contributed by atoms with Crippen LogP contribution in [0.1, 0.15) is 6.92 Å². The van der Waals surface area contributed by atoms with Crippen LogP contribution in [0.25, 0.3) is 0 Å². The van der Waals surface area contributed by atoms with Gasteiger partial charge in [-0.1, -0.05) is 6.08 Å². The number of hydrogen-bond acceptors (Lipinski definition) is 3. The minimum atomic E-state index is 0.116. The third-order valence-electron chi connectivity index (χ3n) is 1.26. The number of Topliss-reactive ketones (excluding diaryl/α,β-unsaturated/α-hetero) is 1. The fourth-order valence-corrected chi connectivity index (χ4v) is 1.58. The molecule has 10 heavy (non-hydrogen) atoms. The van der Waals surface area contributed by atoms with Crippen LogP contribution in [0.5, 0.6) is 0 Å². The predicted octanol–water partition coefficient (Wildman–Crippen LogP) is 1.22. The van der Waals surface area contributed by atoms with Crippen molar-refractivity contribution >= 4 is 17.5 Å². The number of carbonyl (C=O) groups excluding carboxylic acids is 1. The Bertz CT molecular complexity index is 163. The normalized spacial score (nSPS) is 24.9. The molecule has 1 fully saturated rings. The first-order chi connectivity index (χ1) is 4.84. The molecule has 1 rings (SSSR count). The van der Waals surface area contributed by atoms with Crippen molar-refractivity contribution in [1.82, 2.24) is 0 Å². The monoisotopic (exact) mass is 158 g/mol. The molecule has 0 aromatic carbocycles. The Morgan fingerprint density at radius 1 is 1.70 bits per heavy atom. The van der Waals surface area contributed by atoms with Gasteiger partial charge < -0.3 is 4.74 Å². The summed E-state index contributed by atoms with van der Waals surface area (Å²) in [5, 5.41) is 0. The smallest absolute Gasteiger partial charge is 0.194 e. The Morgan fingerprint density at radius 2 is 2.50 bits per heavy atom. The van der Waals surface area contributed by atoms with Gasteiger partial charge in [0.1, 0.15) is 6.61 Å². The zero-order chi connectivity index (χ0) is 7.40. The summed E-state index contributed by atoms with van der Waals surface area (Å²) < 4.78 is 5.03. The van der Waals surface area contributed by atoms with Gasteiger partial charge in [-0.3, -0.25) is 4.79 Å². The molecule has 2 nitrogen and oxygen atoms in total. The van der Waals surface area contributed by atoms with E-state index in [9.17, 15) is 4.79 Å². The van der Waals surface area contributed by atoms with Gasteiger partial charge in [-0.25, -0.2) is 0 Å². The topological polar surface area (TPSA) is 26.3 Å². The maximum Gasteiger partial charge on any atom is 0.194 e. The molecule has 0 bridgehead atoms. The second-order valence-corrected chi connectivity index (χ2v) is 3.11. The highest BCUT2D eigenvalue weighted by Crippen LogP contribution is 2.18. The minimum absolute atomic E-state index is 0.116. The fraction of sp³-hybridized carbons (Fsp3) is 0.571. The van der Waals surface area contributed by atoms with E-state index in [1.807, 2.05) is 13.0 Å². The summed E-state index contributed by atoms with van der Waals surface area (Å²) in [6.45, 7) is 2.83. The van der Waals surface area contributed by atoms with Gasteiger partial charge >= 0.3 is 0 Å².